The second-order valence-corrected chi connectivity index (χ2v) is 10.6. The first-order chi connectivity index (χ1) is 20.4. The molecule has 3 amide bonds. The summed E-state index contributed by atoms with van der Waals surface area (Å²) in [5, 5.41) is 21.5. The third-order valence-corrected chi connectivity index (χ3v) is 6.48. The maximum absolute atomic E-state index is 12.9. The quantitative estimate of drug-likeness (QED) is 0.168. The molecule has 0 unspecified atom stereocenters. The van der Waals surface area contributed by atoms with Crippen LogP contribution in [0.4, 0.5) is 17.2 Å². The number of amides is 3. The van der Waals surface area contributed by atoms with Gasteiger partial charge < -0.3 is 30.9 Å². The van der Waals surface area contributed by atoms with Crippen molar-refractivity contribution >= 4 is 58.5 Å². The van der Waals surface area contributed by atoms with Gasteiger partial charge in [0.25, 0.3) is 11.8 Å². The molecule has 3 aromatic rings. The highest BCUT2D eigenvalue weighted by molar-refractivity contribution is 6.60. The van der Waals surface area contributed by atoms with Crippen molar-refractivity contribution < 1.29 is 19.1 Å². The monoisotopic (exact) mass is 579 g/mol. The Morgan fingerprint density at radius 1 is 1.09 bits per heavy atom. The lowest BCUT2D eigenvalue weighted by Crippen LogP contribution is -2.50. The number of methoxy groups -OCH3 is 1. The summed E-state index contributed by atoms with van der Waals surface area (Å²) in [6, 6.07) is 8.39. The van der Waals surface area contributed by atoms with Crippen LogP contribution in [0.2, 0.25) is 0 Å². The molecule has 2 aromatic heterocycles. The summed E-state index contributed by atoms with van der Waals surface area (Å²) in [5.41, 5.74) is 1.85. The van der Waals surface area contributed by atoms with E-state index in [1.54, 1.807) is 31.3 Å². The fourth-order valence-electron chi connectivity index (χ4n) is 4.25. The molecule has 1 aliphatic rings. The third kappa shape index (κ3) is 8.37. The molecule has 0 atom stereocenters. The number of nitrogens with zero attached hydrogens (tertiary/aromatic N) is 5. The van der Waals surface area contributed by atoms with Gasteiger partial charge in [0, 0.05) is 31.1 Å². The molecule has 0 spiro atoms. The average molecular weight is 579 g/mol. The van der Waals surface area contributed by atoms with Crippen LogP contribution in [0, 0.1) is 5.92 Å². The highest BCUT2D eigenvalue weighted by atomic mass is 16.5. The van der Waals surface area contributed by atoms with Crippen molar-refractivity contribution in [3.8, 4) is 17.0 Å². The lowest BCUT2D eigenvalue weighted by atomic mass is 9.49. The van der Waals surface area contributed by atoms with Gasteiger partial charge in [-0.25, -0.2) is 0 Å². The molecule has 0 bridgehead atoms. The number of nitrogens with one attached hydrogen (secondary N) is 4. The van der Waals surface area contributed by atoms with Crippen LogP contribution in [0.1, 0.15) is 40.2 Å². The number of benzene rings is 1. The first kappa shape index (κ1) is 31.6. The maximum atomic E-state index is 12.9. The molecule has 1 saturated carbocycles. The van der Waals surface area contributed by atoms with Gasteiger partial charge in [-0.05, 0) is 58.1 Å². The first-order valence-corrected chi connectivity index (χ1v) is 13.7. The molecular weight excluding hydrogens is 547 g/mol. The Morgan fingerprint density at radius 2 is 1.84 bits per heavy atom. The smallest absolute Gasteiger partial charge is 0.272 e. The number of aryl methyl sites for hydroxylation is 1. The largest absolute Gasteiger partial charge is 0.494 e. The number of carbonyl (C=O) groups excluding carboxylic acids is 3. The lowest BCUT2D eigenvalue weighted by molar-refractivity contribution is -0.117. The number of hydrogen-bond donors (Lipinski definition) is 4. The highest BCUT2D eigenvalue weighted by Crippen LogP contribution is 2.38. The van der Waals surface area contributed by atoms with Gasteiger partial charge in [-0.1, -0.05) is 11.3 Å². The number of rotatable bonds is 13. The summed E-state index contributed by atoms with van der Waals surface area (Å²) in [4.78, 5) is 40.2. The van der Waals surface area contributed by atoms with E-state index < -0.39 is 11.1 Å². The van der Waals surface area contributed by atoms with Gasteiger partial charge in [-0.2, -0.15) is 5.10 Å². The van der Waals surface area contributed by atoms with E-state index in [1.807, 2.05) is 19.0 Å². The normalized spacial score (nSPS) is 13.0. The minimum absolute atomic E-state index is 0.0753. The predicted octanol–water partition coefficient (Wildman–Crippen LogP) is 0.506. The first-order valence-electron chi connectivity index (χ1n) is 13.7. The number of hydrogen-bond acceptors (Lipinski definition) is 9. The molecule has 1 aliphatic carbocycles. The predicted molar refractivity (Wildman–Crippen MR) is 165 cm³/mol. The van der Waals surface area contributed by atoms with Gasteiger partial charge in [-0.15, -0.1) is 10.2 Å². The molecule has 13 nitrogen and oxygen atoms in total. The molecular formula is C27H32B3N9O4. The topological polar surface area (TPSA) is 155 Å². The van der Waals surface area contributed by atoms with E-state index in [2.05, 4.69) is 36.6 Å². The molecule has 0 saturated heterocycles. The van der Waals surface area contributed by atoms with E-state index in [1.165, 1.54) is 17.9 Å². The van der Waals surface area contributed by atoms with Crippen LogP contribution in [-0.4, -0.2) is 106 Å². The number of ether oxygens (including phenoxy) is 1. The fraction of sp³-hybridized carbons (Fsp3) is 0.407. The van der Waals surface area contributed by atoms with Crippen molar-refractivity contribution in [3.05, 3.63) is 41.7 Å². The Balaban J connectivity index is 1.64. The molecule has 2 heterocycles. The van der Waals surface area contributed by atoms with Crippen molar-refractivity contribution in [1.82, 2.24) is 35.5 Å². The minimum atomic E-state index is -2.01. The van der Waals surface area contributed by atoms with Gasteiger partial charge >= 0.3 is 0 Å². The number of anilines is 3. The minimum Gasteiger partial charge on any atom is -0.494 e. The Hall–Kier alpha value is -4.33. The van der Waals surface area contributed by atoms with Crippen LogP contribution in [0.5, 0.6) is 5.75 Å². The number of aromatic nitrogens is 4. The summed E-state index contributed by atoms with van der Waals surface area (Å²) in [6.45, 7) is 1.38. The van der Waals surface area contributed by atoms with Crippen molar-refractivity contribution in [2.24, 2.45) is 13.0 Å². The highest BCUT2D eigenvalue weighted by Gasteiger charge is 2.30. The summed E-state index contributed by atoms with van der Waals surface area (Å²) >= 11 is 0. The molecule has 4 N–H and O–H groups in total. The van der Waals surface area contributed by atoms with E-state index in [-0.39, 0.29) is 34.9 Å². The zero-order chi connectivity index (χ0) is 31.3. The van der Waals surface area contributed by atoms with E-state index in [9.17, 15) is 14.4 Å². The van der Waals surface area contributed by atoms with Crippen LogP contribution in [-0.2, 0) is 11.8 Å². The molecule has 6 radical (unpaired) electrons. The summed E-state index contributed by atoms with van der Waals surface area (Å²) in [6.07, 6.45) is 2.41. The van der Waals surface area contributed by atoms with E-state index >= 15 is 0 Å². The zero-order valence-corrected chi connectivity index (χ0v) is 24.6. The Bertz CT molecular complexity index is 1500. The van der Waals surface area contributed by atoms with Gasteiger partial charge in [0.2, 0.25) is 5.91 Å². The van der Waals surface area contributed by atoms with Gasteiger partial charge in [0.15, 0.2) is 17.3 Å². The van der Waals surface area contributed by atoms with E-state index in [4.69, 9.17) is 28.3 Å². The molecule has 43 heavy (non-hydrogen) atoms. The van der Waals surface area contributed by atoms with Crippen molar-refractivity contribution in [2.75, 3.05) is 44.9 Å². The standard InChI is InChI=1S/C27H32B3N9O4/c1-38(2)12-6-11-31-25(41)20-13-18(37-39(20)3)16-7-5-8-17(23(16)43-4)32-19-14-21(33-24(40)15-9-10-15)35-36-22(19)26(42)34-27(28,29)30/h5,7-8,13-15H,6,9-12H2,1-4H3,(H,31,41)(H,34,42)(H2,32,33,35,40). The van der Waals surface area contributed by atoms with E-state index in [0.29, 0.717) is 34.9 Å². The van der Waals surface area contributed by atoms with E-state index in [0.717, 1.165) is 25.8 Å². The fourth-order valence-corrected chi connectivity index (χ4v) is 4.25. The second kappa shape index (κ2) is 13.3. The van der Waals surface area contributed by atoms with Crippen LogP contribution < -0.4 is 26.0 Å². The molecule has 218 valence electrons. The number of carbonyl (C=O) groups is 3. The molecule has 16 heteroatoms. The molecule has 4 rings (SSSR count). The summed E-state index contributed by atoms with van der Waals surface area (Å²) in [5.74, 6) is -0.803. The summed E-state index contributed by atoms with van der Waals surface area (Å²) < 4.78 is 7.25. The van der Waals surface area contributed by atoms with Gasteiger partial charge in [-0.3, -0.25) is 19.1 Å². The Morgan fingerprint density at radius 3 is 2.49 bits per heavy atom. The van der Waals surface area contributed by atoms with Crippen molar-refractivity contribution in [2.45, 2.75) is 24.5 Å². The SMILES string of the molecule is [B]C([B])([B])NC(=O)c1nnc(NC(=O)C2CC2)cc1Nc1cccc(-c2cc(C(=O)NCCCN(C)C)n(C)n2)c1OC. The molecule has 1 fully saturated rings. The van der Waals surface area contributed by atoms with Crippen LogP contribution in [0.15, 0.2) is 30.3 Å². The van der Waals surface area contributed by atoms with Gasteiger partial charge in [0.1, 0.15) is 5.69 Å². The molecule has 0 aliphatic heterocycles. The van der Waals surface area contributed by atoms with Crippen LogP contribution in [0.25, 0.3) is 11.3 Å². The third-order valence-electron chi connectivity index (χ3n) is 6.48. The van der Waals surface area contributed by atoms with Crippen LogP contribution >= 0.6 is 0 Å². The average Bonchev–Trinajstić information content (AvgIpc) is 3.71. The molecule has 1 aromatic carbocycles. The summed E-state index contributed by atoms with van der Waals surface area (Å²) in [7, 11) is 23.8. The van der Waals surface area contributed by atoms with Gasteiger partial charge in [0.05, 0.1) is 47.7 Å². The van der Waals surface area contributed by atoms with Crippen molar-refractivity contribution in [3.63, 3.8) is 0 Å². The lowest BCUT2D eigenvalue weighted by Gasteiger charge is -2.23. The maximum Gasteiger partial charge on any atom is 0.272 e. The zero-order valence-electron chi connectivity index (χ0n) is 24.6. The van der Waals surface area contributed by atoms with Crippen LogP contribution in [0.3, 0.4) is 0 Å². The Labute approximate surface area is 254 Å². The van der Waals surface area contributed by atoms with Crippen molar-refractivity contribution in [1.29, 1.82) is 0 Å². The Kier molecular flexibility index (Phi) is 9.79. The second-order valence-electron chi connectivity index (χ2n) is 10.6. The number of para-hydroxylation sites is 1.